The molecule has 0 aliphatic carbocycles. The smallest absolute Gasteiger partial charge is 0.271 e. The number of hydrogen-bond acceptors (Lipinski definition) is 4. The Balaban J connectivity index is 1.92. The number of rotatable bonds is 3. The lowest BCUT2D eigenvalue weighted by Crippen LogP contribution is -2.30. The van der Waals surface area contributed by atoms with E-state index in [2.05, 4.69) is 26.2 Å². The van der Waals surface area contributed by atoms with Crippen LogP contribution in [0.15, 0.2) is 22.8 Å². The third kappa shape index (κ3) is 3.29. The topological polar surface area (TPSA) is 76.1 Å². The molecule has 1 N–H and O–H groups in total. The first-order valence-electron chi connectivity index (χ1n) is 5.57. The summed E-state index contributed by atoms with van der Waals surface area (Å²) in [4.78, 5) is 15.8. The number of hydrogen-bond donors (Lipinski definition) is 1. The van der Waals surface area contributed by atoms with E-state index in [0.29, 0.717) is 23.1 Å². The van der Waals surface area contributed by atoms with Crippen LogP contribution in [0.2, 0.25) is 0 Å². The van der Waals surface area contributed by atoms with Gasteiger partial charge < -0.3 is 5.32 Å². The van der Waals surface area contributed by atoms with Gasteiger partial charge in [-0.25, -0.2) is 13.4 Å². The molecule has 1 aliphatic rings. The highest BCUT2D eigenvalue weighted by atomic mass is 79.9. The summed E-state index contributed by atoms with van der Waals surface area (Å²) in [5.41, 5.74) is 0.318. The van der Waals surface area contributed by atoms with Crippen LogP contribution in [0.4, 0.5) is 0 Å². The third-order valence-electron chi connectivity index (χ3n) is 2.85. The van der Waals surface area contributed by atoms with Gasteiger partial charge in [-0.3, -0.25) is 4.79 Å². The lowest BCUT2D eigenvalue weighted by Gasteiger charge is -2.09. The fourth-order valence-electron chi connectivity index (χ4n) is 1.91. The summed E-state index contributed by atoms with van der Waals surface area (Å²) in [6, 6.07) is 3.46. The molecule has 0 radical (unpaired) electrons. The molecule has 5 nitrogen and oxygen atoms in total. The predicted octanol–water partition coefficient (Wildman–Crippen LogP) is 1.01. The van der Waals surface area contributed by atoms with Crippen LogP contribution in [0.25, 0.3) is 0 Å². The van der Waals surface area contributed by atoms with Crippen LogP contribution < -0.4 is 5.32 Å². The number of carbonyl (C=O) groups is 1. The fourth-order valence-corrected chi connectivity index (χ4v) is 4.20. The molecule has 0 bridgehead atoms. The third-order valence-corrected chi connectivity index (χ3v) is 5.33. The molecule has 1 amide bonds. The van der Waals surface area contributed by atoms with E-state index < -0.39 is 9.84 Å². The SMILES string of the molecule is O=C(NCC1CCS(=O)(=O)C1)c1ncccc1Br. The molecule has 0 aromatic carbocycles. The molecule has 2 heterocycles. The number of nitrogens with one attached hydrogen (secondary N) is 1. The summed E-state index contributed by atoms with van der Waals surface area (Å²) in [6.45, 7) is 0.376. The number of aromatic nitrogens is 1. The van der Waals surface area contributed by atoms with Crippen molar-refractivity contribution < 1.29 is 13.2 Å². The summed E-state index contributed by atoms with van der Waals surface area (Å²) in [5, 5.41) is 2.72. The fraction of sp³-hybridized carbons (Fsp3) is 0.455. The average molecular weight is 333 g/mol. The molecule has 1 atom stereocenters. The van der Waals surface area contributed by atoms with Gasteiger partial charge in [0.25, 0.3) is 5.91 Å². The van der Waals surface area contributed by atoms with Gasteiger partial charge in [0, 0.05) is 17.2 Å². The normalized spacial score (nSPS) is 21.7. The largest absolute Gasteiger partial charge is 0.350 e. The van der Waals surface area contributed by atoms with E-state index in [-0.39, 0.29) is 23.3 Å². The number of sulfone groups is 1. The van der Waals surface area contributed by atoms with Gasteiger partial charge in [0.2, 0.25) is 0 Å². The Hall–Kier alpha value is -0.950. The van der Waals surface area contributed by atoms with Crippen molar-refractivity contribution in [3.05, 3.63) is 28.5 Å². The molecule has 1 fully saturated rings. The van der Waals surface area contributed by atoms with E-state index in [9.17, 15) is 13.2 Å². The van der Waals surface area contributed by atoms with Gasteiger partial charge in [-0.05, 0) is 40.4 Å². The maximum atomic E-state index is 11.8. The van der Waals surface area contributed by atoms with Crippen LogP contribution in [0.5, 0.6) is 0 Å². The minimum atomic E-state index is -2.89. The molecular weight excluding hydrogens is 320 g/mol. The Morgan fingerprint density at radius 3 is 2.94 bits per heavy atom. The van der Waals surface area contributed by atoms with Crippen LogP contribution in [0.3, 0.4) is 0 Å². The van der Waals surface area contributed by atoms with Crippen molar-refractivity contribution >= 4 is 31.7 Å². The molecule has 1 saturated heterocycles. The first-order valence-corrected chi connectivity index (χ1v) is 8.18. The van der Waals surface area contributed by atoms with Crippen molar-refractivity contribution in [2.45, 2.75) is 6.42 Å². The number of nitrogens with zero attached hydrogens (tertiary/aromatic N) is 1. The van der Waals surface area contributed by atoms with Crippen LogP contribution in [-0.4, -0.2) is 37.4 Å². The number of amides is 1. The zero-order valence-electron chi connectivity index (χ0n) is 9.60. The second-order valence-corrected chi connectivity index (χ2v) is 7.40. The molecule has 2 rings (SSSR count). The maximum Gasteiger partial charge on any atom is 0.271 e. The lowest BCUT2D eigenvalue weighted by molar-refractivity contribution is 0.0942. The Labute approximate surface area is 114 Å². The van der Waals surface area contributed by atoms with Gasteiger partial charge in [-0.2, -0.15) is 0 Å². The van der Waals surface area contributed by atoms with E-state index in [1.165, 1.54) is 0 Å². The minimum absolute atomic E-state index is 0.0152. The first kappa shape index (κ1) is 13.5. The van der Waals surface area contributed by atoms with Crippen LogP contribution in [-0.2, 0) is 9.84 Å². The molecule has 7 heteroatoms. The zero-order chi connectivity index (χ0) is 13.2. The van der Waals surface area contributed by atoms with Crippen molar-refractivity contribution in [1.29, 1.82) is 0 Å². The van der Waals surface area contributed by atoms with Gasteiger partial charge >= 0.3 is 0 Å². The highest BCUT2D eigenvalue weighted by molar-refractivity contribution is 9.10. The highest BCUT2D eigenvalue weighted by Gasteiger charge is 2.28. The van der Waals surface area contributed by atoms with Gasteiger partial charge in [-0.1, -0.05) is 0 Å². The molecule has 0 saturated carbocycles. The molecule has 1 aromatic rings. The molecule has 18 heavy (non-hydrogen) atoms. The van der Waals surface area contributed by atoms with E-state index in [0.717, 1.165) is 0 Å². The molecule has 1 aromatic heterocycles. The van der Waals surface area contributed by atoms with Crippen LogP contribution in [0.1, 0.15) is 16.9 Å². The molecule has 0 spiro atoms. The van der Waals surface area contributed by atoms with Crippen molar-refractivity contribution in [2.24, 2.45) is 5.92 Å². The summed E-state index contributed by atoms with van der Waals surface area (Å²) in [6.07, 6.45) is 2.16. The summed E-state index contributed by atoms with van der Waals surface area (Å²) < 4.78 is 23.2. The minimum Gasteiger partial charge on any atom is -0.350 e. The van der Waals surface area contributed by atoms with Crippen molar-refractivity contribution in [3.63, 3.8) is 0 Å². The first-order chi connectivity index (χ1) is 8.48. The Bertz CT molecular complexity index is 559. The Morgan fingerprint density at radius 1 is 1.56 bits per heavy atom. The summed E-state index contributed by atoms with van der Waals surface area (Å²) >= 11 is 3.25. The Morgan fingerprint density at radius 2 is 2.33 bits per heavy atom. The average Bonchev–Trinajstić information content (AvgIpc) is 2.66. The number of halogens is 1. The van der Waals surface area contributed by atoms with Crippen LogP contribution in [0, 0.1) is 5.92 Å². The maximum absolute atomic E-state index is 11.8. The monoisotopic (exact) mass is 332 g/mol. The van der Waals surface area contributed by atoms with E-state index in [1.54, 1.807) is 18.3 Å². The molecular formula is C11H13BrN2O3S. The van der Waals surface area contributed by atoms with Crippen LogP contribution >= 0.6 is 15.9 Å². The predicted molar refractivity (Wildman–Crippen MR) is 71.0 cm³/mol. The number of pyridine rings is 1. The van der Waals surface area contributed by atoms with E-state index in [4.69, 9.17) is 0 Å². The van der Waals surface area contributed by atoms with Crippen molar-refractivity contribution in [1.82, 2.24) is 10.3 Å². The second-order valence-electron chi connectivity index (χ2n) is 4.31. The summed E-state index contributed by atoms with van der Waals surface area (Å²) in [7, 11) is -2.89. The zero-order valence-corrected chi connectivity index (χ0v) is 12.0. The van der Waals surface area contributed by atoms with E-state index >= 15 is 0 Å². The molecule has 98 valence electrons. The molecule has 1 unspecified atom stereocenters. The van der Waals surface area contributed by atoms with E-state index in [1.807, 2.05) is 0 Å². The van der Waals surface area contributed by atoms with Gasteiger partial charge in [-0.15, -0.1) is 0 Å². The van der Waals surface area contributed by atoms with Gasteiger partial charge in [0.05, 0.1) is 11.5 Å². The number of carbonyl (C=O) groups excluding carboxylic acids is 1. The second kappa shape index (κ2) is 5.36. The standard InChI is InChI=1S/C11H13BrN2O3S/c12-9-2-1-4-13-10(9)11(15)14-6-8-3-5-18(16,17)7-8/h1-2,4,8H,3,5-7H2,(H,14,15). The summed E-state index contributed by atoms with van der Waals surface area (Å²) in [5.74, 6) is 0.116. The van der Waals surface area contributed by atoms with Gasteiger partial charge in [0.1, 0.15) is 5.69 Å². The molecule has 1 aliphatic heterocycles. The Kier molecular flexibility index (Phi) is 4.01. The van der Waals surface area contributed by atoms with Gasteiger partial charge in [0.15, 0.2) is 9.84 Å². The van der Waals surface area contributed by atoms with Crippen molar-refractivity contribution in [2.75, 3.05) is 18.1 Å². The quantitative estimate of drug-likeness (QED) is 0.896. The highest BCUT2D eigenvalue weighted by Crippen LogP contribution is 2.18. The lowest BCUT2D eigenvalue weighted by atomic mass is 10.1. The van der Waals surface area contributed by atoms with Crippen molar-refractivity contribution in [3.8, 4) is 0 Å².